The number of nitrogens with one attached hydrogen (secondary N) is 4. The molecule has 4 N–H and O–H groups in total. The molecule has 7 aromatic rings. The molecule has 0 aliphatic heterocycles. The van der Waals surface area contributed by atoms with Crippen molar-refractivity contribution in [1.29, 1.82) is 0 Å². The Morgan fingerprint density at radius 3 is 1.07 bits per heavy atom. The van der Waals surface area contributed by atoms with E-state index < -0.39 is 0 Å². The van der Waals surface area contributed by atoms with E-state index in [4.69, 9.17) is 0 Å². The first-order valence-corrected chi connectivity index (χ1v) is 19.7. The number of hydrogen-bond donors (Lipinski definition) is 4. The summed E-state index contributed by atoms with van der Waals surface area (Å²) in [4.78, 5) is 0. The summed E-state index contributed by atoms with van der Waals surface area (Å²) in [6.07, 6.45) is 4.05. The van der Waals surface area contributed by atoms with E-state index in [-0.39, 0.29) is 0 Å². The number of hydrogen-bond acceptors (Lipinski definition) is 8. The number of benzene rings is 5. The van der Waals surface area contributed by atoms with Crippen LogP contribution in [0.1, 0.15) is 56.6 Å². The Bertz CT molecular complexity index is 1880. The lowest BCUT2D eigenvalue weighted by molar-refractivity contribution is 0.530. The van der Waals surface area contributed by atoms with Gasteiger partial charge >= 0.3 is 0 Å². The fourth-order valence-corrected chi connectivity index (χ4v) is 6.98. The lowest BCUT2D eigenvalue weighted by Crippen LogP contribution is -2.26. The molecule has 10 heteroatoms. The average molecular weight is 745 g/mol. The summed E-state index contributed by atoms with van der Waals surface area (Å²) in [7, 11) is 0. The monoisotopic (exact) mass is 744 g/mol. The minimum atomic E-state index is 0.302. The highest BCUT2D eigenvalue weighted by atomic mass is 15.4. The van der Waals surface area contributed by atoms with Gasteiger partial charge in [-0.2, -0.15) is 0 Å². The van der Waals surface area contributed by atoms with Crippen LogP contribution in [0.2, 0.25) is 0 Å². The highest BCUT2D eigenvalue weighted by molar-refractivity contribution is 5.34. The van der Waals surface area contributed by atoms with Crippen molar-refractivity contribution >= 4 is 0 Å². The van der Waals surface area contributed by atoms with Crippen molar-refractivity contribution in [3.05, 3.63) is 203 Å². The molecule has 286 valence electrons. The SMILES string of the molecule is c1ccc(C(CNCCn2cc(CNCc3ccc(CNCc4cn(CCNCC(c5ccccc5)c5ccccc5)nn4)cc3)nn2)c2ccccc2)cc1. The van der Waals surface area contributed by atoms with Gasteiger partial charge in [-0.3, -0.25) is 9.36 Å². The topological polar surface area (TPSA) is 110 Å². The van der Waals surface area contributed by atoms with Crippen molar-refractivity contribution in [2.45, 2.75) is 51.1 Å². The Morgan fingerprint density at radius 2 is 0.732 bits per heavy atom. The molecule has 0 saturated carbocycles. The van der Waals surface area contributed by atoms with E-state index in [1.54, 1.807) is 0 Å². The van der Waals surface area contributed by atoms with E-state index in [0.717, 1.165) is 63.7 Å². The molecule has 0 radical (unpaired) electrons. The minimum absolute atomic E-state index is 0.302. The maximum absolute atomic E-state index is 4.38. The second-order valence-electron chi connectivity index (χ2n) is 14.1. The molecule has 0 amide bonds. The van der Waals surface area contributed by atoms with E-state index in [2.05, 4.69) is 187 Å². The van der Waals surface area contributed by atoms with Gasteiger partial charge in [0, 0.05) is 76.6 Å². The zero-order valence-corrected chi connectivity index (χ0v) is 31.9. The Hall–Kier alpha value is -5.78. The highest BCUT2D eigenvalue weighted by Gasteiger charge is 2.15. The first-order chi connectivity index (χ1) is 27.8. The van der Waals surface area contributed by atoms with E-state index in [1.807, 2.05) is 21.8 Å². The first kappa shape index (κ1) is 38.5. The van der Waals surface area contributed by atoms with Gasteiger partial charge < -0.3 is 21.3 Å². The summed E-state index contributed by atoms with van der Waals surface area (Å²) in [5.41, 5.74) is 9.59. The average Bonchev–Trinajstić information content (AvgIpc) is 3.92. The van der Waals surface area contributed by atoms with Gasteiger partial charge in [0.2, 0.25) is 0 Å². The lowest BCUT2D eigenvalue weighted by Gasteiger charge is -2.19. The second-order valence-corrected chi connectivity index (χ2v) is 14.1. The molecule has 0 saturated heterocycles. The van der Waals surface area contributed by atoms with Crippen molar-refractivity contribution in [1.82, 2.24) is 51.3 Å². The molecule has 0 unspecified atom stereocenters. The molecule has 56 heavy (non-hydrogen) atoms. The van der Waals surface area contributed by atoms with Crippen molar-refractivity contribution in [3.63, 3.8) is 0 Å². The minimum Gasteiger partial charge on any atom is -0.314 e. The van der Waals surface area contributed by atoms with Crippen LogP contribution >= 0.6 is 0 Å². The molecule has 2 aromatic heterocycles. The molecule has 7 rings (SSSR count). The highest BCUT2D eigenvalue weighted by Crippen LogP contribution is 2.24. The standard InChI is InChI=1S/C46H52N10/c1-5-13-39(14-6-1)45(40-15-7-2-8-16-40)33-47-25-27-55-35-43(51-53-55)31-49-29-37-21-23-38(24-22-37)30-50-32-44-36-56(54-52-44)28-26-48-34-46(41-17-9-3-10-18-41)42-19-11-4-12-20-42/h1-24,35-36,45-50H,25-34H2. The van der Waals surface area contributed by atoms with Gasteiger partial charge in [-0.05, 0) is 33.4 Å². The van der Waals surface area contributed by atoms with Crippen molar-refractivity contribution in [2.24, 2.45) is 0 Å². The van der Waals surface area contributed by atoms with E-state index in [9.17, 15) is 0 Å². The first-order valence-electron chi connectivity index (χ1n) is 19.7. The van der Waals surface area contributed by atoms with E-state index in [0.29, 0.717) is 24.9 Å². The third kappa shape index (κ3) is 11.6. The van der Waals surface area contributed by atoms with Crippen molar-refractivity contribution in [2.75, 3.05) is 26.2 Å². The Balaban J connectivity index is 0.766. The summed E-state index contributed by atoms with van der Waals surface area (Å²) in [6.45, 7) is 7.74. The van der Waals surface area contributed by atoms with Gasteiger partial charge in [-0.1, -0.05) is 156 Å². The van der Waals surface area contributed by atoms with E-state index in [1.165, 1.54) is 33.4 Å². The van der Waals surface area contributed by atoms with Gasteiger partial charge in [-0.25, -0.2) is 0 Å². The molecule has 2 heterocycles. The maximum Gasteiger partial charge on any atom is 0.0964 e. The number of nitrogens with zero attached hydrogens (tertiary/aromatic N) is 6. The molecule has 0 bridgehead atoms. The van der Waals surface area contributed by atoms with Crippen LogP contribution in [0.15, 0.2) is 158 Å². The van der Waals surface area contributed by atoms with Crippen LogP contribution in [0.25, 0.3) is 0 Å². The smallest absolute Gasteiger partial charge is 0.0964 e. The predicted molar refractivity (Wildman–Crippen MR) is 223 cm³/mol. The Morgan fingerprint density at radius 1 is 0.393 bits per heavy atom. The van der Waals surface area contributed by atoms with E-state index >= 15 is 0 Å². The number of rotatable bonds is 22. The normalized spacial score (nSPS) is 11.5. The summed E-state index contributed by atoms with van der Waals surface area (Å²) in [6, 6.07) is 51.5. The third-order valence-corrected chi connectivity index (χ3v) is 10.0. The molecule has 5 aromatic carbocycles. The molecule has 0 aliphatic rings. The summed E-state index contributed by atoms with van der Waals surface area (Å²) in [5, 5.41) is 31.7. The van der Waals surface area contributed by atoms with Crippen molar-refractivity contribution < 1.29 is 0 Å². The molecular formula is C46H52N10. The maximum atomic E-state index is 4.38. The third-order valence-electron chi connectivity index (χ3n) is 10.0. The van der Waals surface area contributed by atoms with Crippen LogP contribution in [0, 0.1) is 0 Å². The predicted octanol–water partition coefficient (Wildman–Crippen LogP) is 6.29. The lowest BCUT2D eigenvalue weighted by atomic mass is 9.91. The zero-order valence-electron chi connectivity index (χ0n) is 31.9. The number of aromatic nitrogens is 6. The van der Waals surface area contributed by atoms with Crippen LogP contribution in [0.4, 0.5) is 0 Å². The molecule has 0 aliphatic carbocycles. The van der Waals surface area contributed by atoms with Gasteiger partial charge in [0.15, 0.2) is 0 Å². The largest absolute Gasteiger partial charge is 0.314 e. The molecule has 0 fully saturated rings. The van der Waals surface area contributed by atoms with Gasteiger partial charge in [0.1, 0.15) is 0 Å². The molecule has 0 atom stereocenters. The zero-order chi connectivity index (χ0) is 38.0. The molecule has 10 nitrogen and oxygen atoms in total. The Kier molecular flexibility index (Phi) is 14.3. The summed E-state index contributed by atoms with van der Waals surface area (Å²) in [5.74, 6) is 0.604. The fourth-order valence-electron chi connectivity index (χ4n) is 6.98. The van der Waals surface area contributed by atoms with Gasteiger partial charge in [0.25, 0.3) is 0 Å². The summed E-state index contributed by atoms with van der Waals surface area (Å²) < 4.78 is 3.83. The van der Waals surface area contributed by atoms with Gasteiger partial charge in [0.05, 0.1) is 24.5 Å². The quantitative estimate of drug-likeness (QED) is 0.0600. The van der Waals surface area contributed by atoms with Crippen LogP contribution in [0.3, 0.4) is 0 Å². The van der Waals surface area contributed by atoms with Crippen LogP contribution in [0.5, 0.6) is 0 Å². The fraction of sp³-hybridized carbons (Fsp3) is 0.261. The van der Waals surface area contributed by atoms with Crippen LogP contribution in [-0.2, 0) is 39.3 Å². The van der Waals surface area contributed by atoms with Crippen molar-refractivity contribution in [3.8, 4) is 0 Å². The molecule has 0 spiro atoms. The van der Waals surface area contributed by atoms with Gasteiger partial charge in [-0.15, -0.1) is 10.2 Å². The van der Waals surface area contributed by atoms with Crippen LogP contribution in [-0.4, -0.2) is 56.2 Å². The second kappa shape index (κ2) is 20.8. The van der Waals surface area contributed by atoms with Crippen LogP contribution < -0.4 is 21.3 Å². The molecular weight excluding hydrogens is 693 g/mol. The Labute approximate surface area is 330 Å². The summed E-state index contributed by atoms with van der Waals surface area (Å²) >= 11 is 0.